The molecule has 0 bridgehead atoms. The topological polar surface area (TPSA) is 54.9 Å². The van der Waals surface area contributed by atoms with Gasteiger partial charge in [0.25, 0.3) is 5.56 Å². The number of para-hydroxylation sites is 1. The molecule has 0 radical (unpaired) electrons. The first kappa shape index (κ1) is 15.5. The Kier molecular flexibility index (Phi) is 5.49. The summed E-state index contributed by atoms with van der Waals surface area (Å²) in [6, 6.07) is 18.1. The maximum atomic E-state index is 11.7. The Bertz CT molecular complexity index is 802. The first-order valence-corrected chi connectivity index (χ1v) is 7.11. The number of aromatic amines is 1. The third kappa shape index (κ3) is 4.31. The van der Waals surface area contributed by atoms with Crippen molar-refractivity contribution in [1.29, 1.82) is 0 Å². The number of hydrogen-bond acceptors (Lipinski definition) is 2. The van der Waals surface area contributed by atoms with Gasteiger partial charge in [0.05, 0.1) is 0 Å². The molecule has 2 aromatic heterocycles. The molecule has 0 unspecified atom stereocenters. The molecule has 2 heterocycles. The van der Waals surface area contributed by atoms with Crippen LogP contribution < -0.4 is 11.1 Å². The molecule has 0 aliphatic carbocycles. The van der Waals surface area contributed by atoms with Crippen LogP contribution in [0.15, 0.2) is 82.6 Å². The van der Waals surface area contributed by atoms with Crippen LogP contribution in [0.3, 0.4) is 0 Å². The number of hydrogen-bond donors (Lipinski definition) is 1. The molecule has 1 aromatic carbocycles. The first-order chi connectivity index (χ1) is 10.7. The quantitative estimate of drug-likeness (QED) is 0.790. The maximum absolute atomic E-state index is 11.7. The van der Waals surface area contributed by atoms with E-state index in [0.29, 0.717) is 0 Å². The van der Waals surface area contributed by atoms with Crippen LogP contribution in [-0.2, 0) is 6.42 Å². The lowest BCUT2D eigenvalue weighted by atomic mass is 10.2. The summed E-state index contributed by atoms with van der Waals surface area (Å²) >= 11 is 0. The Morgan fingerprint density at radius 2 is 1.64 bits per heavy atom. The molecule has 0 amide bonds. The summed E-state index contributed by atoms with van der Waals surface area (Å²) in [7, 11) is 0. The molecule has 0 aliphatic heterocycles. The molecule has 112 valence electrons. The zero-order valence-corrected chi connectivity index (χ0v) is 12.4. The molecule has 3 rings (SSSR count). The van der Waals surface area contributed by atoms with Gasteiger partial charge in [0.15, 0.2) is 0 Å². The fourth-order valence-corrected chi connectivity index (χ4v) is 1.91. The van der Waals surface area contributed by atoms with E-state index < -0.39 is 0 Å². The smallest absolute Gasteiger partial charge is 0.255 e. The van der Waals surface area contributed by atoms with Crippen LogP contribution in [0, 0.1) is 0 Å². The van der Waals surface area contributed by atoms with Crippen LogP contribution in [0.1, 0.15) is 12.5 Å². The Morgan fingerprint density at radius 1 is 0.909 bits per heavy atom. The predicted molar refractivity (Wildman–Crippen MR) is 88.5 cm³/mol. The van der Waals surface area contributed by atoms with Gasteiger partial charge in [0.2, 0.25) is 5.56 Å². The standard InChI is InChI=1S/C13H13NO.C5H5NO/c1-2-11-8-9-13(15)14(10-11)12-6-4-3-5-7-12;7-5-3-1-2-4-6-5/h3-10H,2H2,1H3;1-4H,(H,6,7). The Hall–Kier alpha value is -2.88. The van der Waals surface area contributed by atoms with Gasteiger partial charge in [-0.15, -0.1) is 0 Å². The minimum atomic E-state index is -0.0532. The van der Waals surface area contributed by atoms with Gasteiger partial charge in [-0.1, -0.05) is 37.3 Å². The SMILES string of the molecule is CCc1ccc(=O)n(-c2ccccc2)c1.O=c1cccc[nH]1. The van der Waals surface area contributed by atoms with Crippen LogP contribution in [-0.4, -0.2) is 9.55 Å². The van der Waals surface area contributed by atoms with Crippen molar-refractivity contribution in [1.82, 2.24) is 9.55 Å². The van der Waals surface area contributed by atoms with Crippen molar-refractivity contribution in [3.05, 3.63) is 99.3 Å². The largest absolute Gasteiger partial charge is 0.329 e. The van der Waals surface area contributed by atoms with Crippen LogP contribution in [0.2, 0.25) is 0 Å². The van der Waals surface area contributed by atoms with Gasteiger partial charge in [-0.2, -0.15) is 0 Å². The Balaban J connectivity index is 0.000000211. The molecular formula is C18H18N2O2. The van der Waals surface area contributed by atoms with Gasteiger partial charge in [0.1, 0.15) is 0 Å². The van der Waals surface area contributed by atoms with Crippen LogP contribution in [0.5, 0.6) is 0 Å². The lowest BCUT2D eigenvalue weighted by molar-refractivity contribution is 0.953. The zero-order chi connectivity index (χ0) is 15.8. The summed E-state index contributed by atoms with van der Waals surface area (Å²) in [6.45, 7) is 2.08. The van der Waals surface area contributed by atoms with E-state index in [1.165, 1.54) is 11.6 Å². The minimum absolute atomic E-state index is 0.0124. The van der Waals surface area contributed by atoms with Crippen molar-refractivity contribution >= 4 is 0 Å². The molecule has 0 fully saturated rings. The van der Waals surface area contributed by atoms with E-state index in [-0.39, 0.29) is 11.1 Å². The van der Waals surface area contributed by atoms with Crippen molar-refractivity contribution in [3.63, 3.8) is 0 Å². The second-order valence-electron chi connectivity index (χ2n) is 4.66. The number of H-pyrrole nitrogens is 1. The van der Waals surface area contributed by atoms with Crippen molar-refractivity contribution in [2.75, 3.05) is 0 Å². The molecule has 3 aromatic rings. The highest BCUT2D eigenvalue weighted by Crippen LogP contribution is 2.05. The highest BCUT2D eigenvalue weighted by Gasteiger charge is 1.99. The molecule has 22 heavy (non-hydrogen) atoms. The van der Waals surface area contributed by atoms with Crippen molar-refractivity contribution < 1.29 is 0 Å². The van der Waals surface area contributed by atoms with E-state index in [1.54, 1.807) is 29.0 Å². The molecule has 0 spiro atoms. The minimum Gasteiger partial charge on any atom is -0.329 e. The fourth-order valence-electron chi connectivity index (χ4n) is 1.91. The monoisotopic (exact) mass is 294 g/mol. The second kappa shape index (κ2) is 7.78. The molecule has 0 saturated heterocycles. The van der Waals surface area contributed by atoms with Crippen LogP contribution in [0.25, 0.3) is 5.69 Å². The third-order valence-corrected chi connectivity index (χ3v) is 3.10. The van der Waals surface area contributed by atoms with Gasteiger partial charge < -0.3 is 4.98 Å². The highest BCUT2D eigenvalue weighted by molar-refractivity contribution is 5.32. The van der Waals surface area contributed by atoms with Gasteiger partial charge in [-0.3, -0.25) is 14.2 Å². The summed E-state index contributed by atoms with van der Waals surface area (Å²) in [6.07, 6.45) is 4.44. The Labute approximate surface area is 128 Å². The van der Waals surface area contributed by atoms with Crippen molar-refractivity contribution in [2.24, 2.45) is 0 Å². The number of nitrogens with one attached hydrogen (secondary N) is 1. The average molecular weight is 294 g/mol. The van der Waals surface area contributed by atoms with Crippen molar-refractivity contribution in [2.45, 2.75) is 13.3 Å². The molecule has 0 atom stereocenters. The molecule has 0 aliphatic rings. The molecule has 0 saturated carbocycles. The van der Waals surface area contributed by atoms with Gasteiger partial charge >= 0.3 is 0 Å². The first-order valence-electron chi connectivity index (χ1n) is 7.11. The lowest BCUT2D eigenvalue weighted by Crippen LogP contribution is -2.16. The Morgan fingerprint density at radius 3 is 2.18 bits per heavy atom. The number of rotatable bonds is 2. The summed E-state index contributed by atoms with van der Waals surface area (Å²) < 4.78 is 1.68. The van der Waals surface area contributed by atoms with E-state index in [1.807, 2.05) is 42.6 Å². The number of pyridine rings is 2. The number of nitrogens with zero attached hydrogens (tertiary/aromatic N) is 1. The van der Waals surface area contributed by atoms with Gasteiger partial charge in [-0.05, 0) is 30.2 Å². The normalized spacial score (nSPS) is 9.68. The lowest BCUT2D eigenvalue weighted by Gasteiger charge is -2.06. The summed E-state index contributed by atoms with van der Waals surface area (Å²) in [4.78, 5) is 24.3. The van der Waals surface area contributed by atoms with Gasteiger partial charge in [0, 0.05) is 30.2 Å². The number of aryl methyl sites for hydroxylation is 1. The van der Waals surface area contributed by atoms with Gasteiger partial charge in [-0.25, -0.2) is 0 Å². The molecular weight excluding hydrogens is 276 g/mol. The average Bonchev–Trinajstić information content (AvgIpc) is 2.57. The van der Waals surface area contributed by atoms with E-state index in [4.69, 9.17) is 0 Å². The number of aromatic nitrogens is 2. The number of benzene rings is 1. The van der Waals surface area contributed by atoms with E-state index >= 15 is 0 Å². The van der Waals surface area contributed by atoms with Crippen LogP contribution in [0.4, 0.5) is 0 Å². The summed E-state index contributed by atoms with van der Waals surface area (Å²) in [5.41, 5.74) is 2.04. The highest BCUT2D eigenvalue weighted by atomic mass is 16.1. The molecule has 4 nitrogen and oxygen atoms in total. The summed E-state index contributed by atoms with van der Waals surface area (Å²) in [5, 5.41) is 0. The van der Waals surface area contributed by atoms with Crippen LogP contribution >= 0.6 is 0 Å². The molecule has 4 heteroatoms. The van der Waals surface area contributed by atoms with E-state index in [0.717, 1.165) is 12.1 Å². The fraction of sp³-hybridized carbons (Fsp3) is 0.111. The maximum Gasteiger partial charge on any atom is 0.255 e. The second-order valence-corrected chi connectivity index (χ2v) is 4.66. The zero-order valence-electron chi connectivity index (χ0n) is 12.4. The van der Waals surface area contributed by atoms with Crippen molar-refractivity contribution in [3.8, 4) is 5.69 Å². The predicted octanol–water partition coefficient (Wildman–Crippen LogP) is 2.77. The van der Waals surface area contributed by atoms with E-state index in [9.17, 15) is 9.59 Å². The van der Waals surface area contributed by atoms with E-state index in [2.05, 4.69) is 11.9 Å². The third-order valence-electron chi connectivity index (χ3n) is 3.10. The summed E-state index contributed by atoms with van der Waals surface area (Å²) in [5.74, 6) is 0. The molecule has 1 N–H and O–H groups in total.